The second-order valence-electron chi connectivity index (χ2n) is 4.97. The van der Waals surface area contributed by atoms with Crippen LogP contribution in [0.25, 0.3) is 0 Å². The predicted octanol–water partition coefficient (Wildman–Crippen LogP) is 0.794. The highest BCUT2D eigenvalue weighted by molar-refractivity contribution is 6.04. The van der Waals surface area contributed by atoms with Crippen molar-refractivity contribution < 1.29 is 19.1 Å². The van der Waals surface area contributed by atoms with Crippen LogP contribution in [0.2, 0.25) is 0 Å². The maximum absolute atomic E-state index is 12.1. The minimum Gasteiger partial charge on any atom is -0.497 e. The van der Waals surface area contributed by atoms with E-state index in [1.54, 1.807) is 18.2 Å². The number of benzene rings is 1. The van der Waals surface area contributed by atoms with E-state index < -0.39 is 0 Å². The molecule has 23 heavy (non-hydrogen) atoms. The van der Waals surface area contributed by atoms with Gasteiger partial charge in [-0.2, -0.15) is 0 Å². The molecule has 7 nitrogen and oxygen atoms in total. The summed E-state index contributed by atoms with van der Waals surface area (Å²) in [4.78, 5) is 24.1. The van der Waals surface area contributed by atoms with Gasteiger partial charge < -0.3 is 25.4 Å². The zero-order chi connectivity index (χ0) is 15.9. The van der Waals surface area contributed by atoms with Gasteiger partial charge in [-0.3, -0.25) is 9.59 Å². The van der Waals surface area contributed by atoms with Crippen LogP contribution in [0.3, 0.4) is 0 Å². The summed E-state index contributed by atoms with van der Waals surface area (Å²) in [5, 5.41) is 8.54. The Labute approximate surface area is 141 Å². The van der Waals surface area contributed by atoms with Gasteiger partial charge in [-0.05, 0) is 18.2 Å². The van der Waals surface area contributed by atoms with Crippen molar-refractivity contribution in [2.45, 2.75) is 12.5 Å². The number of carbonyl (C=O) groups is 2. The molecule has 1 atom stereocenters. The number of methoxy groups -OCH3 is 1. The van der Waals surface area contributed by atoms with Gasteiger partial charge in [0, 0.05) is 26.1 Å². The lowest BCUT2D eigenvalue weighted by atomic mass is 10.1. The Hall–Kier alpha value is -1.83. The molecule has 0 bridgehead atoms. The maximum Gasteiger partial charge on any atom is 0.253 e. The molecule has 1 heterocycles. The van der Waals surface area contributed by atoms with Gasteiger partial charge in [0.1, 0.15) is 5.75 Å². The zero-order valence-corrected chi connectivity index (χ0v) is 14.0. The molecule has 1 aromatic carbocycles. The molecule has 0 spiro atoms. The zero-order valence-electron chi connectivity index (χ0n) is 13.2. The summed E-state index contributed by atoms with van der Waals surface area (Å²) in [5.41, 5.74) is 0.824. The largest absolute Gasteiger partial charge is 0.497 e. The van der Waals surface area contributed by atoms with Crippen molar-refractivity contribution in [1.29, 1.82) is 0 Å². The molecule has 1 unspecified atom stereocenters. The third-order valence-electron chi connectivity index (χ3n) is 3.40. The van der Waals surface area contributed by atoms with Crippen LogP contribution in [0, 0.1) is 0 Å². The first-order valence-electron chi connectivity index (χ1n) is 7.15. The van der Waals surface area contributed by atoms with Gasteiger partial charge in [-0.25, -0.2) is 0 Å². The van der Waals surface area contributed by atoms with Crippen LogP contribution in [0.1, 0.15) is 16.8 Å². The van der Waals surface area contributed by atoms with Crippen LogP contribution >= 0.6 is 12.4 Å². The molecule has 0 radical (unpaired) electrons. The third-order valence-corrected chi connectivity index (χ3v) is 3.40. The average molecular weight is 344 g/mol. The molecule has 0 saturated carbocycles. The number of hydrogen-bond donors (Lipinski definition) is 3. The first-order valence-corrected chi connectivity index (χ1v) is 7.15. The number of rotatable bonds is 5. The minimum absolute atomic E-state index is 0. The van der Waals surface area contributed by atoms with Crippen LogP contribution in [0.15, 0.2) is 18.2 Å². The van der Waals surface area contributed by atoms with E-state index >= 15 is 0 Å². The summed E-state index contributed by atoms with van der Waals surface area (Å²) in [6.07, 6.45) is 0.291. The van der Waals surface area contributed by atoms with Crippen LogP contribution in [0.4, 0.5) is 5.69 Å². The van der Waals surface area contributed by atoms with Crippen molar-refractivity contribution in [2.75, 3.05) is 39.2 Å². The van der Waals surface area contributed by atoms with Gasteiger partial charge in [0.15, 0.2) is 0 Å². The highest BCUT2D eigenvalue weighted by Gasteiger charge is 2.19. The summed E-state index contributed by atoms with van der Waals surface area (Å²) >= 11 is 0. The number of anilines is 1. The monoisotopic (exact) mass is 343 g/mol. The summed E-state index contributed by atoms with van der Waals surface area (Å²) in [6, 6.07) is 4.95. The minimum atomic E-state index is -0.284. The summed E-state index contributed by atoms with van der Waals surface area (Å²) in [5.74, 6) is 0.102. The number of amides is 2. The smallest absolute Gasteiger partial charge is 0.253 e. The lowest BCUT2D eigenvalue weighted by Gasteiger charge is -2.23. The number of halogens is 1. The number of ether oxygens (including phenoxy) is 2. The Morgan fingerprint density at radius 3 is 2.83 bits per heavy atom. The molecule has 0 aliphatic carbocycles. The Morgan fingerprint density at radius 1 is 1.43 bits per heavy atom. The van der Waals surface area contributed by atoms with Crippen LogP contribution in [-0.2, 0) is 9.53 Å². The maximum atomic E-state index is 12.1. The Balaban J connectivity index is 0.00000264. The SMILES string of the molecule is CNC(=O)c1cc(OC)ccc1NC(=O)CC1COCCN1.Cl. The average Bonchev–Trinajstić information content (AvgIpc) is 2.55. The fraction of sp³-hybridized carbons (Fsp3) is 0.467. The molecule has 128 valence electrons. The van der Waals surface area contributed by atoms with Crippen molar-refractivity contribution in [3.63, 3.8) is 0 Å². The fourth-order valence-electron chi connectivity index (χ4n) is 2.26. The van der Waals surface area contributed by atoms with Gasteiger partial charge in [-0.1, -0.05) is 0 Å². The fourth-order valence-corrected chi connectivity index (χ4v) is 2.26. The topological polar surface area (TPSA) is 88.7 Å². The molecule has 1 aromatic rings. The summed E-state index contributed by atoms with van der Waals surface area (Å²) < 4.78 is 10.4. The van der Waals surface area contributed by atoms with Crippen molar-refractivity contribution in [3.05, 3.63) is 23.8 Å². The molecule has 1 aliphatic heterocycles. The van der Waals surface area contributed by atoms with Crippen molar-refractivity contribution in [1.82, 2.24) is 10.6 Å². The van der Waals surface area contributed by atoms with E-state index in [-0.39, 0.29) is 30.3 Å². The molecule has 3 N–H and O–H groups in total. The van der Waals surface area contributed by atoms with Crippen LogP contribution in [-0.4, -0.2) is 51.8 Å². The predicted molar refractivity (Wildman–Crippen MR) is 89.5 cm³/mol. The van der Waals surface area contributed by atoms with Gasteiger partial charge in [-0.15, -0.1) is 12.4 Å². The first kappa shape index (κ1) is 19.2. The van der Waals surface area contributed by atoms with Crippen LogP contribution in [0.5, 0.6) is 5.75 Å². The summed E-state index contributed by atoms with van der Waals surface area (Å²) in [6.45, 7) is 1.92. The molecular weight excluding hydrogens is 322 g/mol. The number of carbonyl (C=O) groups excluding carboxylic acids is 2. The molecule has 1 saturated heterocycles. The molecule has 2 rings (SSSR count). The van der Waals surface area contributed by atoms with E-state index in [0.29, 0.717) is 36.6 Å². The highest BCUT2D eigenvalue weighted by Crippen LogP contribution is 2.22. The Kier molecular flexibility index (Phi) is 7.80. The Morgan fingerprint density at radius 2 is 2.22 bits per heavy atom. The summed E-state index contributed by atoms with van der Waals surface area (Å²) in [7, 11) is 3.06. The van der Waals surface area contributed by atoms with Crippen molar-refractivity contribution in [3.8, 4) is 5.75 Å². The van der Waals surface area contributed by atoms with E-state index in [1.807, 2.05) is 0 Å². The van der Waals surface area contributed by atoms with E-state index in [4.69, 9.17) is 9.47 Å². The second kappa shape index (κ2) is 9.34. The highest BCUT2D eigenvalue weighted by atomic mass is 35.5. The molecule has 1 aliphatic rings. The molecular formula is C15H22ClN3O4. The van der Waals surface area contributed by atoms with Gasteiger partial charge in [0.05, 0.1) is 31.6 Å². The third kappa shape index (κ3) is 5.38. The number of morpholine rings is 1. The number of hydrogen-bond acceptors (Lipinski definition) is 5. The molecule has 1 fully saturated rings. The van der Waals surface area contributed by atoms with Gasteiger partial charge >= 0.3 is 0 Å². The van der Waals surface area contributed by atoms with E-state index in [1.165, 1.54) is 14.2 Å². The lowest BCUT2D eigenvalue weighted by molar-refractivity contribution is -0.117. The normalized spacial score (nSPS) is 16.9. The van der Waals surface area contributed by atoms with Crippen LogP contribution < -0.4 is 20.7 Å². The Bertz CT molecular complexity index is 548. The molecule has 2 amide bonds. The second-order valence-corrected chi connectivity index (χ2v) is 4.97. The van der Waals surface area contributed by atoms with Gasteiger partial charge in [0.2, 0.25) is 5.91 Å². The van der Waals surface area contributed by atoms with Crippen molar-refractivity contribution >= 4 is 29.9 Å². The van der Waals surface area contributed by atoms with Gasteiger partial charge in [0.25, 0.3) is 5.91 Å². The molecule has 0 aromatic heterocycles. The number of nitrogens with one attached hydrogen (secondary N) is 3. The lowest BCUT2D eigenvalue weighted by Crippen LogP contribution is -2.43. The van der Waals surface area contributed by atoms with E-state index in [9.17, 15) is 9.59 Å². The van der Waals surface area contributed by atoms with Crippen molar-refractivity contribution in [2.24, 2.45) is 0 Å². The first-order chi connectivity index (χ1) is 10.6. The van der Waals surface area contributed by atoms with E-state index in [2.05, 4.69) is 16.0 Å². The van der Waals surface area contributed by atoms with E-state index in [0.717, 1.165) is 6.54 Å². The standard InChI is InChI=1S/C15H21N3O4.ClH/c1-16-15(20)12-8-11(21-2)3-4-13(12)18-14(19)7-10-9-22-6-5-17-10;/h3-4,8,10,17H,5-7,9H2,1-2H3,(H,16,20)(H,18,19);1H. The molecule has 8 heteroatoms. The quantitative estimate of drug-likeness (QED) is 0.735.